The molecule has 2 aliphatic carbocycles. The summed E-state index contributed by atoms with van der Waals surface area (Å²) in [5, 5.41) is 3.74. The summed E-state index contributed by atoms with van der Waals surface area (Å²) in [6, 6.07) is 2.56. The van der Waals surface area contributed by atoms with Crippen LogP contribution in [0.4, 0.5) is 0 Å². The number of nitrogens with zero attached hydrogens (tertiary/aromatic N) is 1. The first-order chi connectivity index (χ1) is 8.85. The van der Waals surface area contributed by atoms with Crippen molar-refractivity contribution in [3.8, 4) is 0 Å². The normalized spacial score (nSPS) is 30.2. The zero-order chi connectivity index (χ0) is 12.8. The molecule has 0 aliphatic heterocycles. The Morgan fingerprint density at radius 1 is 0.944 bits per heavy atom. The quantitative estimate of drug-likeness (QED) is 0.777. The molecule has 2 nitrogen and oxygen atoms in total. The molecular formula is C16H32N2. The van der Waals surface area contributed by atoms with Crippen LogP contribution >= 0.6 is 0 Å². The topological polar surface area (TPSA) is 15.3 Å². The molecule has 2 rings (SSSR count). The molecule has 2 atom stereocenters. The van der Waals surface area contributed by atoms with Gasteiger partial charge in [-0.2, -0.15) is 0 Å². The zero-order valence-electron chi connectivity index (χ0n) is 12.5. The molecule has 0 radical (unpaired) electrons. The van der Waals surface area contributed by atoms with Gasteiger partial charge in [0, 0.05) is 18.1 Å². The average molecular weight is 252 g/mol. The molecule has 2 unspecified atom stereocenters. The van der Waals surface area contributed by atoms with Crippen LogP contribution in [0.3, 0.4) is 0 Å². The highest BCUT2D eigenvalue weighted by Crippen LogP contribution is 2.30. The molecule has 18 heavy (non-hydrogen) atoms. The van der Waals surface area contributed by atoms with E-state index in [9.17, 15) is 0 Å². The van der Waals surface area contributed by atoms with Gasteiger partial charge in [0.05, 0.1) is 0 Å². The Bertz CT molecular complexity index is 223. The molecule has 106 valence electrons. The number of hydrogen-bond donors (Lipinski definition) is 1. The lowest BCUT2D eigenvalue weighted by Gasteiger charge is -2.40. The van der Waals surface area contributed by atoms with Crippen LogP contribution in [0.5, 0.6) is 0 Å². The Balaban J connectivity index is 1.85. The molecule has 0 heterocycles. The fourth-order valence-corrected chi connectivity index (χ4v) is 4.05. The lowest BCUT2D eigenvalue weighted by atomic mass is 9.89. The maximum absolute atomic E-state index is 3.74. The van der Waals surface area contributed by atoms with Gasteiger partial charge in [-0.25, -0.2) is 0 Å². The van der Waals surface area contributed by atoms with Crippen molar-refractivity contribution in [1.82, 2.24) is 10.2 Å². The van der Waals surface area contributed by atoms with Crippen molar-refractivity contribution in [2.24, 2.45) is 0 Å². The second-order valence-electron chi connectivity index (χ2n) is 6.24. The first-order valence-electron chi connectivity index (χ1n) is 8.34. The van der Waals surface area contributed by atoms with E-state index in [0.29, 0.717) is 0 Å². The maximum atomic E-state index is 3.74. The summed E-state index contributed by atoms with van der Waals surface area (Å²) in [7, 11) is 0. The molecule has 2 saturated carbocycles. The second-order valence-corrected chi connectivity index (χ2v) is 6.24. The predicted molar refractivity (Wildman–Crippen MR) is 79.0 cm³/mol. The Morgan fingerprint density at radius 3 is 2.33 bits per heavy atom. The van der Waals surface area contributed by atoms with Gasteiger partial charge in [0.2, 0.25) is 0 Å². The van der Waals surface area contributed by atoms with Gasteiger partial charge in [-0.15, -0.1) is 0 Å². The van der Waals surface area contributed by atoms with E-state index in [1.807, 2.05) is 0 Å². The molecule has 0 aromatic carbocycles. The van der Waals surface area contributed by atoms with Gasteiger partial charge in [0.15, 0.2) is 0 Å². The van der Waals surface area contributed by atoms with Crippen molar-refractivity contribution in [2.75, 3.05) is 13.1 Å². The molecule has 0 bridgehead atoms. The third kappa shape index (κ3) is 3.71. The second kappa shape index (κ2) is 7.49. The van der Waals surface area contributed by atoms with Crippen LogP contribution in [0.25, 0.3) is 0 Å². The van der Waals surface area contributed by atoms with Crippen LogP contribution in [0.2, 0.25) is 0 Å². The molecule has 0 saturated heterocycles. The van der Waals surface area contributed by atoms with Gasteiger partial charge >= 0.3 is 0 Å². The minimum absolute atomic E-state index is 0.791. The van der Waals surface area contributed by atoms with Crippen LogP contribution in [-0.4, -0.2) is 36.1 Å². The van der Waals surface area contributed by atoms with Crippen molar-refractivity contribution in [1.29, 1.82) is 0 Å². The first kappa shape index (κ1) is 14.3. The van der Waals surface area contributed by atoms with E-state index in [-0.39, 0.29) is 0 Å². The fourth-order valence-electron chi connectivity index (χ4n) is 4.05. The van der Waals surface area contributed by atoms with Crippen LogP contribution in [0.1, 0.15) is 71.6 Å². The number of rotatable bonds is 6. The molecule has 1 N–H and O–H groups in total. The molecular weight excluding hydrogens is 220 g/mol. The van der Waals surface area contributed by atoms with Crippen molar-refractivity contribution in [3.63, 3.8) is 0 Å². The SMILES string of the molecule is CCCNC1CCCC(N(CC)C2CCCC2)C1. The highest BCUT2D eigenvalue weighted by Gasteiger charge is 2.31. The zero-order valence-corrected chi connectivity index (χ0v) is 12.5. The minimum atomic E-state index is 0.791. The van der Waals surface area contributed by atoms with Gasteiger partial charge in [-0.3, -0.25) is 4.90 Å². The van der Waals surface area contributed by atoms with Gasteiger partial charge in [-0.05, 0) is 51.6 Å². The standard InChI is InChI=1S/C16H32N2/c1-3-12-17-14-8-7-11-16(13-14)18(4-2)15-9-5-6-10-15/h14-17H,3-13H2,1-2H3. The summed E-state index contributed by atoms with van der Waals surface area (Å²) in [6.45, 7) is 7.09. The Labute approximate surface area is 114 Å². The van der Waals surface area contributed by atoms with Crippen LogP contribution < -0.4 is 5.32 Å². The van der Waals surface area contributed by atoms with E-state index in [1.54, 1.807) is 0 Å². The molecule has 2 fully saturated rings. The van der Waals surface area contributed by atoms with Crippen molar-refractivity contribution >= 4 is 0 Å². The summed E-state index contributed by atoms with van der Waals surface area (Å²) in [4.78, 5) is 2.84. The summed E-state index contributed by atoms with van der Waals surface area (Å²) in [6.07, 6.45) is 12.8. The maximum Gasteiger partial charge on any atom is 0.0113 e. The lowest BCUT2D eigenvalue weighted by Crippen LogP contribution is -2.48. The average Bonchev–Trinajstić information content (AvgIpc) is 2.92. The van der Waals surface area contributed by atoms with E-state index < -0.39 is 0 Å². The first-order valence-corrected chi connectivity index (χ1v) is 8.34. The van der Waals surface area contributed by atoms with Gasteiger partial charge in [0.25, 0.3) is 0 Å². The molecule has 0 spiro atoms. The Morgan fingerprint density at radius 2 is 1.67 bits per heavy atom. The Kier molecular flexibility index (Phi) is 5.97. The van der Waals surface area contributed by atoms with Crippen molar-refractivity contribution < 1.29 is 0 Å². The summed E-state index contributed by atoms with van der Waals surface area (Å²) in [5.74, 6) is 0. The van der Waals surface area contributed by atoms with Crippen molar-refractivity contribution in [2.45, 2.75) is 89.8 Å². The van der Waals surface area contributed by atoms with E-state index >= 15 is 0 Å². The molecule has 0 aromatic heterocycles. The molecule has 2 aliphatic rings. The van der Waals surface area contributed by atoms with Crippen molar-refractivity contribution in [3.05, 3.63) is 0 Å². The number of hydrogen-bond acceptors (Lipinski definition) is 2. The molecule has 2 heteroatoms. The summed E-state index contributed by atoms with van der Waals surface area (Å²) >= 11 is 0. The van der Waals surface area contributed by atoms with Gasteiger partial charge < -0.3 is 5.32 Å². The van der Waals surface area contributed by atoms with Crippen LogP contribution in [0, 0.1) is 0 Å². The van der Waals surface area contributed by atoms with E-state index in [0.717, 1.165) is 18.1 Å². The van der Waals surface area contributed by atoms with Crippen LogP contribution in [-0.2, 0) is 0 Å². The van der Waals surface area contributed by atoms with Gasteiger partial charge in [-0.1, -0.05) is 33.1 Å². The lowest BCUT2D eigenvalue weighted by molar-refractivity contribution is 0.101. The van der Waals surface area contributed by atoms with E-state index in [2.05, 4.69) is 24.1 Å². The smallest absolute Gasteiger partial charge is 0.0113 e. The summed E-state index contributed by atoms with van der Waals surface area (Å²) in [5.41, 5.74) is 0. The summed E-state index contributed by atoms with van der Waals surface area (Å²) < 4.78 is 0. The van der Waals surface area contributed by atoms with E-state index in [4.69, 9.17) is 0 Å². The minimum Gasteiger partial charge on any atom is -0.314 e. The largest absolute Gasteiger partial charge is 0.314 e. The third-order valence-electron chi connectivity index (χ3n) is 4.96. The van der Waals surface area contributed by atoms with Crippen LogP contribution in [0.15, 0.2) is 0 Å². The predicted octanol–water partition coefficient (Wildman–Crippen LogP) is 3.56. The monoisotopic (exact) mass is 252 g/mol. The Hall–Kier alpha value is -0.0800. The number of nitrogens with one attached hydrogen (secondary N) is 1. The molecule has 0 amide bonds. The third-order valence-corrected chi connectivity index (χ3v) is 4.96. The fraction of sp³-hybridized carbons (Fsp3) is 1.00. The highest BCUT2D eigenvalue weighted by molar-refractivity contribution is 4.88. The van der Waals surface area contributed by atoms with E-state index in [1.165, 1.54) is 70.9 Å². The molecule has 0 aromatic rings. The highest BCUT2D eigenvalue weighted by atomic mass is 15.2. The van der Waals surface area contributed by atoms with Gasteiger partial charge in [0.1, 0.15) is 0 Å².